The topological polar surface area (TPSA) is 38.3 Å². The van der Waals surface area contributed by atoms with E-state index in [0.29, 0.717) is 6.54 Å². The average molecular weight is 297 g/mol. The zero-order chi connectivity index (χ0) is 15.5. The van der Waals surface area contributed by atoms with Gasteiger partial charge in [-0.3, -0.25) is 0 Å². The Kier molecular flexibility index (Phi) is 4.11. The van der Waals surface area contributed by atoms with Crippen molar-refractivity contribution in [2.45, 2.75) is 19.6 Å². The number of nitrogens with zero attached hydrogens (tertiary/aromatic N) is 2. The van der Waals surface area contributed by atoms with Crippen LogP contribution in [0.2, 0.25) is 0 Å². The van der Waals surface area contributed by atoms with Crippen LogP contribution in [-0.4, -0.2) is 22.4 Å². The fourth-order valence-corrected chi connectivity index (χ4v) is 2.67. The Bertz CT molecular complexity index is 780. The predicted octanol–water partition coefficient (Wildman–Crippen LogP) is 2.21. The number of ether oxygens (including phenoxy) is 1. The van der Waals surface area contributed by atoms with Gasteiger partial charge in [-0.2, -0.15) is 0 Å². The van der Waals surface area contributed by atoms with E-state index in [-0.39, 0.29) is 6.61 Å². The van der Waals surface area contributed by atoms with Gasteiger partial charge in [0, 0.05) is 0 Å². The molecule has 1 aromatic heterocycles. The van der Waals surface area contributed by atoms with Crippen LogP contribution in [0.5, 0.6) is 5.75 Å². The number of fused-ring (bicyclic) bond motifs is 1. The number of aliphatic hydroxyl groups is 1. The Balaban J connectivity index is 1.69. The van der Waals surface area contributed by atoms with Crippen LogP contribution in [0.25, 0.3) is 11.0 Å². The first kappa shape index (κ1) is 14.6. The lowest BCUT2D eigenvalue weighted by Crippen LogP contribution is -2.27. The summed E-state index contributed by atoms with van der Waals surface area (Å²) in [5, 5.41) is 10.3. The molecule has 0 aliphatic rings. The van der Waals surface area contributed by atoms with Crippen molar-refractivity contribution in [3.8, 4) is 5.75 Å². The fraction of sp³-hybridized carbons (Fsp3) is 0.278. The largest absolute Gasteiger partial charge is 0.490 e. The Morgan fingerprint density at radius 3 is 2.68 bits per heavy atom. The average Bonchev–Trinajstić information content (AvgIpc) is 2.83. The van der Waals surface area contributed by atoms with Gasteiger partial charge < -0.3 is 9.84 Å². The Morgan fingerprint density at radius 2 is 1.86 bits per heavy atom. The molecule has 114 valence electrons. The number of aromatic nitrogens is 2. The number of rotatable bonds is 5. The summed E-state index contributed by atoms with van der Waals surface area (Å²) >= 11 is 0. The third kappa shape index (κ3) is 2.97. The van der Waals surface area contributed by atoms with E-state index in [0.717, 1.165) is 22.3 Å². The zero-order valence-corrected chi connectivity index (χ0v) is 12.9. The van der Waals surface area contributed by atoms with Crippen LogP contribution in [0, 0.1) is 6.92 Å². The number of para-hydroxylation sites is 3. The molecule has 0 saturated heterocycles. The van der Waals surface area contributed by atoms with Crippen LogP contribution in [0.1, 0.15) is 5.56 Å². The van der Waals surface area contributed by atoms with E-state index in [1.54, 1.807) is 0 Å². The van der Waals surface area contributed by atoms with Crippen LogP contribution in [0.3, 0.4) is 0 Å². The molecule has 3 rings (SSSR count). The van der Waals surface area contributed by atoms with E-state index in [4.69, 9.17) is 4.74 Å². The summed E-state index contributed by atoms with van der Waals surface area (Å²) in [6, 6.07) is 16.0. The van der Waals surface area contributed by atoms with Crippen molar-refractivity contribution in [1.82, 2.24) is 4.57 Å². The second-order valence-electron chi connectivity index (χ2n) is 5.60. The first-order valence-electron chi connectivity index (χ1n) is 7.45. The second kappa shape index (κ2) is 6.20. The molecule has 0 aliphatic heterocycles. The van der Waals surface area contributed by atoms with Gasteiger partial charge in [-0.25, -0.2) is 9.13 Å². The highest BCUT2D eigenvalue weighted by Gasteiger charge is 2.16. The molecular formula is C18H21N2O2+. The van der Waals surface area contributed by atoms with Gasteiger partial charge in [0.2, 0.25) is 6.33 Å². The maximum Gasteiger partial charge on any atom is 0.244 e. The number of imidazole rings is 1. The van der Waals surface area contributed by atoms with Crippen LogP contribution in [0.15, 0.2) is 54.9 Å². The number of benzene rings is 2. The van der Waals surface area contributed by atoms with Gasteiger partial charge in [-0.1, -0.05) is 30.3 Å². The summed E-state index contributed by atoms with van der Waals surface area (Å²) in [6.45, 7) is 2.79. The molecule has 0 spiro atoms. The van der Waals surface area contributed by atoms with E-state index in [9.17, 15) is 5.11 Å². The lowest BCUT2D eigenvalue weighted by atomic mass is 10.2. The van der Waals surface area contributed by atoms with Gasteiger partial charge in [0.1, 0.15) is 25.0 Å². The van der Waals surface area contributed by atoms with Gasteiger partial charge in [0.15, 0.2) is 11.0 Å². The summed E-state index contributed by atoms with van der Waals surface area (Å²) in [6.07, 6.45) is 1.44. The first-order valence-corrected chi connectivity index (χ1v) is 7.45. The van der Waals surface area contributed by atoms with Gasteiger partial charge in [0.05, 0.1) is 7.05 Å². The molecule has 0 radical (unpaired) electrons. The minimum absolute atomic E-state index is 0.279. The fourth-order valence-electron chi connectivity index (χ4n) is 2.67. The minimum Gasteiger partial charge on any atom is -0.490 e. The van der Waals surface area contributed by atoms with Gasteiger partial charge in [-0.15, -0.1) is 0 Å². The van der Waals surface area contributed by atoms with E-state index in [1.807, 2.05) is 56.7 Å². The number of aryl methyl sites for hydroxylation is 2. The molecule has 0 saturated carbocycles. The van der Waals surface area contributed by atoms with Crippen molar-refractivity contribution in [2.24, 2.45) is 7.05 Å². The van der Waals surface area contributed by atoms with Crippen molar-refractivity contribution in [3.63, 3.8) is 0 Å². The minimum atomic E-state index is -0.560. The van der Waals surface area contributed by atoms with Gasteiger partial charge in [-0.05, 0) is 30.7 Å². The van der Waals surface area contributed by atoms with Crippen LogP contribution >= 0.6 is 0 Å². The van der Waals surface area contributed by atoms with E-state index >= 15 is 0 Å². The SMILES string of the molecule is Cc1ccccc1OC[C@@H](O)Cn1c[n+](C)c2ccccc21. The van der Waals surface area contributed by atoms with Gasteiger partial charge in [0.25, 0.3) is 0 Å². The van der Waals surface area contributed by atoms with Crippen LogP contribution in [-0.2, 0) is 13.6 Å². The maximum absolute atomic E-state index is 10.3. The highest BCUT2D eigenvalue weighted by atomic mass is 16.5. The highest BCUT2D eigenvalue weighted by molar-refractivity contribution is 5.71. The van der Waals surface area contributed by atoms with E-state index < -0.39 is 6.10 Å². The molecule has 1 heterocycles. The first-order chi connectivity index (χ1) is 10.6. The Morgan fingerprint density at radius 1 is 1.14 bits per heavy atom. The summed E-state index contributed by atoms with van der Waals surface area (Å²) in [4.78, 5) is 0. The van der Waals surface area contributed by atoms with Crippen molar-refractivity contribution < 1.29 is 14.4 Å². The van der Waals surface area contributed by atoms with Crippen LogP contribution < -0.4 is 9.30 Å². The predicted molar refractivity (Wildman–Crippen MR) is 85.8 cm³/mol. The lowest BCUT2D eigenvalue weighted by Gasteiger charge is -2.12. The molecule has 0 aliphatic carbocycles. The lowest BCUT2D eigenvalue weighted by molar-refractivity contribution is -0.645. The normalized spacial score (nSPS) is 12.5. The summed E-state index contributed by atoms with van der Waals surface area (Å²) < 4.78 is 9.84. The third-order valence-corrected chi connectivity index (χ3v) is 3.82. The van der Waals surface area contributed by atoms with Gasteiger partial charge >= 0.3 is 0 Å². The summed E-state index contributed by atoms with van der Waals surface area (Å²) in [5.41, 5.74) is 3.34. The van der Waals surface area contributed by atoms with Crippen LogP contribution in [0.4, 0.5) is 0 Å². The maximum atomic E-state index is 10.3. The van der Waals surface area contributed by atoms with Crippen molar-refractivity contribution in [3.05, 3.63) is 60.4 Å². The smallest absolute Gasteiger partial charge is 0.244 e. The summed E-state index contributed by atoms with van der Waals surface area (Å²) in [5.74, 6) is 0.824. The Labute approximate surface area is 130 Å². The van der Waals surface area contributed by atoms with Crippen molar-refractivity contribution in [2.75, 3.05) is 6.61 Å². The number of aliphatic hydroxyl groups excluding tert-OH is 1. The van der Waals surface area contributed by atoms with E-state index in [1.165, 1.54) is 0 Å². The molecule has 4 heteroatoms. The molecule has 0 bridgehead atoms. The summed E-state index contributed by atoms with van der Waals surface area (Å²) in [7, 11) is 2.01. The molecule has 3 aromatic rings. The Hall–Kier alpha value is -2.33. The molecule has 0 fully saturated rings. The van der Waals surface area contributed by atoms with Crippen molar-refractivity contribution >= 4 is 11.0 Å². The van der Waals surface area contributed by atoms with E-state index in [2.05, 4.69) is 21.3 Å². The quantitative estimate of drug-likeness (QED) is 0.733. The number of hydrogen-bond acceptors (Lipinski definition) is 2. The second-order valence-corrected chi connectivity index (χ2v) is 5.60. The molecular weight excluding hydrogens is 276 g/mol. The molecule has 1 atom stereocenters. The molecule has 0 unspecified atom stereocenters. The standard InChI is InChI=1S/C18H21N2O2/c1-14-7-3-6-10-18(14)22-12-15(21)11-20-13-19(2)16-8-4-5-9-17(16)20/h3-10,13,15,21H,11-12H2,1-2H3/q+1/t15-/m0/s1. The van der Waals surface area contributed by atoms with Crippen molar-refractivity contribution in [1.29, 1.82) is 0 Å². The molecule has 2 aromatic carbocycles. The zero-order valence-electron chi connectivity index (χ0n) is 12.9. The molecule has 0 amide bonds. The molecule has 22 heavy (non-hydrogen) atoms. The molecule has 4 nitrogen and oxygen atoms in total. The third-order valence-electron chi connectivity index (χ3n) is 3.82. The highest BCUT2D eigenvalue weighted by Crippen LogP contribution is 2.17. The number of hydrogen-bond donors (Lipinski definition) is 1. The monoisotopic (exact) mass is 297 g/mol. The molecule has 1 N–H and O–H groups in total.